The molecule has 2 amide bonds. The van der Waals surface area contributed by atoms with Gasteiger partial charge in [-0.25, -0.2) is 9.78 Å². The molecule has 0 saturated carbocycles. The summed E-state index contributed by atoms with van der Waals surface area (Å²) in [7, 11) is 0. The molecule has 1 aliphatic rings. The number of nitrogens with one attached hydrogen (secondary N) is 2. The first kappa shape index (κ1) is 15.6. The number of rotatable bonds is 4. The van der Waals surface area contributed by atoms with Gasteiger partial charge in [0.05, 0.1) is 0 Å². The van der Waals surface area contributed by atoms with Gasteiger partial charge in [0.2, 0.25) is 0 Å². The van der Waals surface area contributed by atoms with Crippen LogP contribution in [0.5, 0.6) is 0 Å². The molecule has 2 aromatic rings. The summed E-state index contributed by atoms with van der Waals surface area (Å²) in [6.45, 7) is 2.17. The van der Waals surface area contributed by atoms with Crippen molar-refractivity contribution in [1.29, 1.82) is 0 Å². The Bertz CT molecular complexity index is 647. The van der Waals surface area contributed by atoms with E-state index in [9.17, 15) is 4.79 Å². The molecule has 2 heterocycles. The highest BCUT2D eigenvalue weighted by molar-refractivity contribution is 6.30. The number of urea groups is 1. The van der Waals surface area contributed by atoms with Crippen LogP contribution >= 0.6 is 11.6 Å². The van der Waals surface area contributed by atoms with Crippen molar-refractivity contribution in [3.63, 3.8) is 0 Å². The summed E-state index contributed by atoms with van der Waals surface area (Å²) in [5.74, 6) is 0.957. The summed E-state index contributed by atoms with van der Waals surface area (Å²) in [5, 5.41) is 6.58. The predicted octanol–water partition coefficient (Wildman–Crippen LogP) is 2.81. The predicted molar refractivity (Wildman–Crippen MR) is 91.7 cm³/mol. The second kappa shape index (κ2) is 7.33. The molecule has 1 aliphatic heterocycles. The zero-order chi connectivity index (χ0) is 16.1. The van der Waals surface area contributed by atoms with Crippen molar-refractivity contribution < 1.29 is 4.79 Å². The van der Waals surface area contributed by atoms with Crippen LogP contribution in [0.25, 0.3) is 0 Å². The fraction of sp³-hybridized carbons (Fsp3) is 0.294. The average Bonchev–Trinajstić information content (AvgIpc) is 3.04. The maximum atomic E-state index is 12.0. The quantitative estimate of drug-likeness (QED) is 0.906. The van der Waals surface area contributed by atoms with Crippen LogP contribution in [0.4, 0.5) is 10.6 Å². The zero-order valence-electron chi connectivity index (χ0n) is 12.7. The molecule has 1 unspecified atom stereocenters. The van der Waals surface area contributed by atoms with Crippen molar-refractivity contribution in [2.24, 2.45) is 0 Å². The molecular formula is C17H19ClN4O. The van der Waals surface area contributed by atoms with Gasteiger partial charge in [-0.3, -0.25) is 0 Å². The van der Waals surface area contributed by atoms with Crippen LogP contribution < -0.4 is 15.5 Å². The number of halogens is 1. The lowest BCUT2D eigenvalue weighted by molar-refractivity contribution is 0.237. The number of pyridine rings is 1. The number of hydrogen-bond donors (Lipinski definition) is 2. The van der Waals surface area contributed by atoms with E-state index in [1.807, 2.05) is 42.5 Å². The molecule has 1 fully saturated rings. The van der Waals surface area contributed by atoms with Gasteiger partial charge in [-0.05, 0) is 36.2 Å². The molecule has 1 atom stereocenters. The molecular weight excluding hydrogens is 312 g/mol. The largest absolute Gasteiger partial charge is 0.354 e. The topological polar surface area (TPSA) is 57.3 Å². The lowest BCUT2D eigenvalue weighted by Crippen LogP contribution is -2.43. The third-order valence-corrected chi connectivity index (χ3v) is 4.12. The maximum Gasteiger partial charge on any atom is 0.315 e. The van der Waals surface area contributed by atoms with Gasteiger partial charge in [0, 0.05) is 36.9 Å². The number of amides is 2. The van der Waals surface area contributed by atoms with Crippen LogP contribution in [-0.4, -0.2) is 30.1 Å². The number of benzene rings is 1. The number of hydrogen-bond acceptors (Lipinski definition) is 3. The van der Waals surface area contributed by atoms with Crippen molar-refractivity contribution in [3.8, 4) is 0 Å². The third kappa shape index (κ3) is 4.36. The zero-order valence-corrected chi connectivity index (χ0v) is 13.5. The minimum Gasteiger partial charge on any atom is -0.354 e. The Labute approximate surface area is 140 Å². The smallest absolute Gasteiger partial charge is 0.315 e. The van der Waals surface area contributed by atoms with E-state index in [4.69, 9.17) is 11.6 Å². The molecule has 3 rings (SSSR count). The highest BCUT2D eigenvalue weighted by Gasteiger charge is 2.24. The summed E-state index contributed by atoms with van der Waals surface area (Å²) in [6, 6.07) is 13.3. The maximum absolute atomic E-state index is 12.0. The normalized spacial score (nSPS) is 17.1. The summed E-state index contributed by atoms with van der Waals surface area (Å²) >= 11 is 5.84. The Morgan fingerprint density at radius 1 is 1.26 bits per heavy atom. The Morgan fingerprint density at radius 3 is 2.83 bits per heavy atom. The van der Waals surface area contributed by atoms with E-state index < -0.39 is 0 Å². The van der Waals surface area contributed by atoms with Crippen molar-refractivity contribution >= 4 is 23.4 Å². The highest BCUT2D eigenvalue weighted by atomic mass is 35.5. The van der Waals surface area contributed by atoms with Gasteiger partial charge in [0.1, 0.15) is 5.82 Å². The summed E-state index contributed by atoms with van der Waals surface area (Å²) in [6.07, 6.45) is 2.71. The molecule has 0 radical (unpaired) electrons. The monoisotopic (exact) mass is 330 g/mol. The van der Waals surface area contributed by atoms with Crippen molar-refractivity contribution in [3.05, 3.63) is 59.2 Å². The molecule has 1 saturated heterocycles. The van der Waals surface area contributed by atoms with Crippen LogP contribution in [0.3, 0.4) is 0 Å². The Hall–Kier alpha value is -2.27. The minimum absolute atomic E-state index is 0.141. The summed E-state index contributed by atoms with van der Waals surface area (Å²) < 4.78 is 0. The number of carbonyl (C=O) groups is 1. The number of anilines is 1. The fourth-order valence-electron chi connectivity index (χ4n) is 2.65. The van der Waals surface area contributed by atoms with Gasteiger partial charge >= 0.3 is 6.03 Å². The molecule has 0 bridgehead atoms. The van der Waals surface area contributed by atoms with E-state index >= 15 is 0 Å². The van der Waals surface area contributed by atoms with Gasteiger partial charge in [-0.2, -0.15) is 0 Å². The molecule has 0 spiro atoms. The Balaban J connectivity index is 1.45. The SMILES string of the molecule is O=C(NCc1ccc(Cl)cc1)NC1CCN(c2ccccn2)C1. The number of aromatic nitrogens is 1. The molecule has 1 aromatic heterocycles. The van der Waals surface area contributed by atoms with Gasteiger partial charge < -0.3 is 15.5 Å². The van der Waals surface area contributed by atoms with E-state index in [0.29, 0.717) is 11.6 Å². The standard InChI is InChI=1S/C17H19ClN4O/c18-14-6-4-13(5-7-14)11-20-17(23)21-15-8-10-22(12-15)16-3-1-2-9-19-16/h1-7,9,15H,8,10-12H2,(H2,20,21,23). The Morgan fingerprint density at radius 2 is 2.09 bits per heavy atom. The van der Waals surface area contributed by atoms with E-state index in [-0.39, 0.29) is 12.1 Å². The third-order valence-electron chi connectivity index (χ3n) is 3.86. The second-order valence-electron chi connectivity index (χ2n) is 5.57. The second-order valence-corrected chi connectivity index (χ2v) is 6.01. The van der Waals surface area contributed by atoms with Gasteiger partial charge in [0.15, 0.2) is 0 Å². The van der Waals surface area contributed by atoms with E-state index in [0.717, 1.165) is 30.9 Å². The first-order valence-corrected chi connectivity index (χ1v) is 8.03. The summed E-state index contributed by atoms with van der Waals surface area (Å²) in [5.41, 5.74) is 1.02. The first-order chi connectivity index (χ1) is 11.2. The number of carbonyl (C=O) groups excluding carboxylic acids is 1. The summed E-state index contributed by atoms with van der Waals surface area (Å²) in [4.78, 5) is 18.5. The van der Waals surface area contributed by atoms with Gasteiger partial charge in [0.25, 0.3) is 0 Å². The molecule has 0 aliphatic carbocycles. The first-order valence-electron chi connectivity index (χ1n) is 7.65. The van der Waals surface area contributed by atoms with E-state index in [1.165, 1.54) is 0 Å². The highest BCUT2D eigenvalue weighted by Crippen LogP contribution is 2.17. The molecule has 120 valence electrons. The molecule has 5 nitrogen and oxygen atoms in total. The fourth-order valence-corrected chi connectivity index (χ4v) is 2.77. The Kier molecular flexibility index (Phi) is 4.98. The van der Waals surface area contributed by atoms with E-state index in [2.05, 4.69) is 20.5 Å². The van der Waals surface area contributed by atoms with Crippen LogP contribution in [0.15, 0.2) is 48.7 Å². The van der Waals surface area contributed by atoms with E-state index in [1.54, 1.807) is 6.20 Å². The van der Waals surface area contributed by atoms with Gasteiger partial charge in [-0.15, -0.1) is 0 Å². The lowest BCUT2D eigenvalue weighted by atomic mass is 10.2. The molecule has 1 aromatic carbocycles. The van der Waals surface area contributed by atoms with Crippen LogP contribution in [0.1, 0.15) is 12.0 Å². The van der Waals surface area contributed by atoms with Crippen molar-refractivity contribution in [1.82, 2.24) is 15.6 Å². The van der Waals surface area contributed by atoms with Crippen LogP contribution in [0.2, 0.25) is 5.02 Å². The molecule has 2 N–H and O–H groups in total. The van der Waals surface area contributed by atoms with Crippen LogP contribution in [0, 0.1) is 0 Å². The molecule has 23 heavy (non-hydrogen) atoms. The molecule has 6 heteroatoms. The average molecular weight is 331 g/mol. The number of nitrogens with zero attached hydrogens (tertiary/aromatic N) is 2. The minimum atomic E-state index is -0.146. The van der Waals surface area contributed by atoms with Gasteiger partial charge in [-0.1, -0.05) is 29.8 Å². The lowest BCUT2D eigenvalue weighted by Gasteiger charge is -2.18. The van der Waals surface area contributed by atoms with Crippen molar-refractivity contribution in [2.75, 3.05) is 18.0 Å². The van der Waals surface area contributed by atoms with Crippen molar-refractivity contribution in [2.45, 2.75) is 19.0 Å². The van der Waals surface area contributed by atoms with Crippen LogP contribution in [-0.2, 0) is 6.54 Å².